The fourth-order valence-electron chi connectivity index (χ4n) is 2.91. The van der Waals surface area contributed by atoms with Gasteiger partial charge in [0.1, 0.15) is 0 Å². The molecular weight excluding hydrogens is 294 g/mol. The first-order chi connectivity index (χ1) is 9.95. The standard InChI is InChI=1S/C13H23N3O4S/c1-2-15(12-3-8-21(19,20)10-12)9-13(18)16-6-4-14(11-17)5-7-16/h11-12H,2-10H2,1H3. The van der Waals surface area contributed by atoms with Crippen LogP contribution in [0.4, 0.5) is 0 Å². The van der Waals surface area contributed by atoms with Crippen molar-refractivity contribution in [3.63, 3.8) is 0 Å². The van der Waals surface area contributed by atoms with Crippen molar-refractivity contribution in [3.05, 3.63) is 0 Å². The largest absolute Gasteiger partial charge is 0.342 e. The van der Waals surface area contributed by atoms with E-state index in [1.165, 1.54) is 0 Å². The number of carbonyl (C=O) groups excluding carboxylic acids is 2. The van der Waals surface area contributed by atoms with Gasteiger partial charge < -0.3 is 9.80 Å². The Balaban J connectivity index is 1.87. The Morgan fingerprint density at radius 1 is 1.29 bits per heavy atom. The van der Waals surface area contributed by atoms with Crippen LogP contribution in [0.5, 0.6) is 0 Å². The van der Waals surface area contributed by atoms with Crippen LogP contribution in [0.3, 0.4) is 0 Å². The van der Waals surface area contributed by atoms with Crippen molar-refractivity contribution in [3.8, 4) is 0 Å². The van der Waals surface area contributed by atoms with Gasteiger partial charge in [-0.15, -0.1) is 0 Å². The van der Waals surface area contributed by atoms with E-state index in [1.807, 2.05) is 11.8 Å². The van der Waals surface area contributed by atoms with E-state index >= 15 is 0 Å². The molecule has 0 spiro atoms. The molecule has 2 aliphatic rings. The minimum atomic E-state index is -2.93. The molecule has 2 amide bonds. The predicted molar refractivity (Wildman–Crippen MR) is 78.5 cm³/mol. The van der Waals surface area contributed by atoms with Crippen LogP contribution in [-0.2, 0) is 19.4 Å². The highest BCUT2D eigenvalue weighted by molar-refractivity contribution is 7.91. The number of carbonyl (C=O) groups is 2. The molecule has 2 aliphatic heterocycles. The average Bonchev–Trinajstić information content (AvgIpc) is 2.84. The zero-order valence-corrected chi connectivity index (χ0v) is 13.2. The van der Waals surface area contributed by atoms with Gasteiger partial charge in [0.15, 0.2) is 9.84 Å². The molecular formula is C13H23N3O4S. The number of hydrogen-bond acceptors (Lipinski definition) is 5. The minimum absolute atomic E-state index is 0.0201. The predicted octanol–water partition coefficient (Wildman–Crippen LogP) is -1.20. The van der Waals surface area contributed by atoms with Crippen LogP contribution in [0.2, 0.25) is 0 Å². The van der Waals surface area contributed by atoms with E-state index in [0.717, 1.165) is 6.41 Å². The van der Waals surface area contributed by atoms with Crippen LogP contribution in [0.1, 0.15) is 13.3 Å². The average molecular weight is 317 g/mol. The Labute approximate surface area is 125 Å². The Bertz CT molecular complexity index is 486. The van der Waals surface area contributed by atoms with Gasteiger partial charge in [0.25, 0.3) is 0 Å². The molecule has 2 fully saturated rings. The van der Waals surface area contributed by atoms with Crippen molar-refractivity contribution in [2.24, 2.45) is 0 Å². The SMILES string of the molecule is CCN(CC(=O)N1CCN(C=O)CC1)C1CCS(=O)(=O)C1. The highest BCUT2D eigenvalue weighted by Crippen LogP contribution is 2.17. The van der Waals surface area contributed by atoms with Crippen LogP contribution in [0.15, 0.2) is 0 Å². The fraction of sp³-hybridized carbons (Fsp3) is 0.846. The zero-order valence-electron chi connectivity index (χ0n) is 12.4. The van der Waals surface area contributed by atoms with Gasteiger partial charge in [-0.3, -0.25) is 14.5 Å². The van der Waals surface area contributed by atoms with Crippen LogP contribution < -0.4 is 0 Å². The molecule has 0 aromatic carbocycles. The van der Waals surface area contributed by atoms with Gasteiger partial charge in [-0.1, -0.05) is 6.92 Å². The summed E-state index contributed by atoms with van der Waals surface area (Å²) in [7, 11) is -2.93. The molecule has 0 N–H and O–H groups in total. The molecule has 2 rings (SSSR count). The van der Waals surface area contributed by atoms with E-state index in [1.54, 1.807) is 9.80 Å². The number of hydrogen-bond donors (Lipinski definition) is 0. The van der Waals surface area contributed by atoms with Crippen molar-refractivity contribution < 1.29 is 18.0 Å². The molecule has 2 saturated heterocycles. The summed E-state index contributed by atoms with van der Waals surface area (Å²) in [6.45, 7) is 5.12. The summed E-state index contributed by atoms with van der Waals surface area (Å²) < 4.78 is 23.1. The van der Waals surface area contributed by atoms with Crippen LogP contribution >= 0.6 is 0 Å². The maximum absolute atomic E-state index is 12.3. The van der Waals surface area contributed by atoms with Crippen LogP contribution in [0, 0.1) is 0 Å². The molecule has 0 saturated carbocycles. The van der Waals surface area contributed by atoms with E-state index in [0.29, 0.717) is 39.1 Å². The second-order valence-corrected chi connectivity index (χ2v) is 7.87. The zero-order chi connectivity index (χ0) is 15.5. The molecule has 0 aromatic rings. The van der Waals surface area contributed by atoms with E-state index < -0.39 is 9.84 Å². The third-order valence-corrected chi connectivity index (χ3v) is 6.04. The normalized spacial score (nSPS) is 25.3. The molecule has 8 heteroatoms. The second kappa shape index (κ2) is 6.74. The van der Waals surface area contributed by atoms with Crippen molar-refractivity contribution >= 4 is 22.2 Å². The highest BCUT2D eigenvalue weighted by Gasteiger charge is 2.33. The lowest BCUT2D eigenvalue weighted by atomic mass is 10.2. The minimum Gasteiger partial charge on any atom is -0.342 e. The summed E-state index contributed by atoms with van der Waals surface area (Å²) in [4.78, 5) is 28.3. The molecule has 21 heavy (non-hydrogen) atoms. The summed E-state index contributed by atoms with van der Waals surface area (Å²) in [5, 5.41) is 0. The third-order valence-electron chi connectivity index (χ3n) is 4.29. The number of likely N-dealkylation sites (N-methyl/N-ethyl adjacent to an activating group) is 1. The summed E-state index contributed by atoms with van der Waals surface area (Å²) >= 11 is 0. The first kappa shape index (κ1) is 16.2. The van der Waals surface area contributed by atoms with Crippen LogP contribution in [-0.4, -0.2) is 92.3 Å². The monoisotopic (exact) mass is 317 g/mol. The smallest absolute Gasteiger partial charge is 0.236 e. The number of nitrogens with zero attached hydrogens (tertiary/aromatic N) is 3. The lowest BCUT2D eigenvalue weighted by Crippen LogP contribution is -2.52. The summed E-state index contributed by atoms with van der Waals surface area (Å²) in [5.41, 5.74) is 0. The quantitative estimate of drug-likeness (QED) is 0.595. The van der Waals surface area contributed by atoms with E-state index in [2.05, 4.69) is 0 Å². The van der Waals surface area contributed by atoms with Gasteiger partial charge in [0, 0.05) is 32.2 Å². The highest BCUT2D eigenvalue weighted by atomic mass is 32.2. The lowest BCUT2D eigenvalue weighted by molar-refractivity contribution is -0.136. The van der Waals surface area contributed by atoms with Gasteiger partial charge in [0.2, 0.25) is 12.3 Å². The molecule has 0 aromatic heterocycles. The van der Waals surface area contributed by atoms with Crippen molar-refractivity contribution in [2.75, 3.05) is 50.8 Å². The molecule has 2 heterocycles. The van der Waals surface area contributed by atoms with E-state index in [9.17, 15) is 18.0 Å². The first-order valence-electron chi connectivity index (χ1n) is 7.37. The Morgan fingerprint density at radius 2 is 1.95 bits per heavy atom. The summed E-state index contributed by atoms with van der Waals surface area (Å²) in [5.74, 6) is 0.402. The van der Waals surface area contributed by atoms with Crippen molar-refractivity contribution in [2.45, 2.75) is 19.4 Å². The number of amides is 2. The summed E-state index contributed by atoms with van der Waals surface area (Å²) in [6.07, 6.45) is 1.42. The maximum atomic E-state index is 12.3. The van der Waals surface area contributed by atoms with Crippen molar-refractivity contribution in [1.82, 2.24) is 14.7 Å². The lowest BCUT2D eigenvalue weighted by Gasteiger charge is -2.35. The first-order valence-corrected chi connectivity index (χ1v) is 9.19. The van der Waals surface area contributed by atoms with Gasteiger partial charge in [0.05, 0.1) is 18.1 Å². The topological polar surface area (TPSA) is 78.0 Å². The molecule has 0 bridgehead atoms. The Hall–Kier alpha value is -1.15. The molecule has 120 valence electrons. The van der Waals surface area contributed by atoms with Crippen LogP contribution in [0.25, 0.3) is 0 Å². The third kappa shape index (κ3) is 4.16. The van der Waals surface area contributed by atoms with Crippen molar-refractivity contribution in [1.29, 1.82) is 0 Å². The Kier molecular flexibility index (Phi) is 5.21. The van der Waals surface area contributed by atoms with Gasteiger partial charge in [-0.05, 0) is 13.0 Å². The van der Waals surface area contributed by atoms with Gasteiger partial charge in [-0.25, -0.2) is 8.42 Å². The molecule has 1 atom stereocenters. The van der Waals surface area contributed by atoms with E-state index in [-0.39, 0.29) is 30.0 Å². The molecule has 0 radical (unpaired) electrons. The fourth-order valence-corrected chi connectivity index (χ4v) is 4.67. The summed E-state index contributed by atoms with van der Waals surface area (Å²) in [6, 6.07) is -0.0415. The van der Waals surface area contributed by atoms with Gasteiger partial charge in [-0.2, -0.15) is 0 Å². The molecule has 1 unspecified atom stereocenters. The Morgan fingerprint density at radius 3 is 2.43 bits per heavy atom. The molecule has 0 aliphatic carbocycles. The number of rotatable bonds is 5. The number of sulfone groups is 1. The maximum Gasteiger partial charge on any atom is 0.236 e. The van der Waals surface area contributed by atoms with E-state index in [4.69, 9.17) is 0 Å². The molecule has 7 nitrogen and oxygen atoms in total. The number of piperazine rings is 1. The second-order valence-electron chi connectivity index (χ2n) is 5.64. The van der Waals surface area contributed by atoms with Gasteiger partial charge >= 0.3 is 0 Å².